The largest absolute Gasteiger partial charge is 0.399 e. The fourth-order valence-corrected chi connectivity index (χ4v) is 3.43. The third-order valence-electron chi connectivity index (χ3n) is 3.63. The zero-order valence-corrected chi connectivity index (χ0v) is 11.5. The summed E-state index contributed by atoms with van der Waals surface area (Å²) < 4.78 is 0. The van der Waals surface area contributed by atoms with Crippen molar-refractivity contribution in [1.82, 2.24) is 4.90 Å². The second-order valence-electron chi connectivity index (χ2n) is 5.02. The second kappa shape index (κ2) is 4.75. The number of hydrogen-bond donors (Lipinski definition) is 1. The number of rotatable bonds is 2. The first kappa shape index (κ1) is 11.8. The molecule has 94 valence electrons. The van der Waals surface area contributed by atoms with Crippen LogP contribution in [-0.2, 0) is 19.5 Å². The molecule has 0 spiro atoms. The molecule has 2 nitrogen and oxygen atoms in total. The molecule has 0 saturated carbocycles. The number of nitrogens with two attached hydrogens (primary N) is 1. The first-order valence-corrected chi connectivity index (χ1v) is 7.23. The lowest BCUT2D eigenvalue weighted by Crippen LogP contribution is -2.29. The lowest BCUT2D eigenvalue weighted by molar-refractivity contribution is 0.247. The van der Waals surface area contributed by atoms with E-state index in [1.165, 1.54) is 23.1 Å². The van der Waals surface area contributed by atoms with Crippen LogP contribution in [0.1, 0.15) is 21.6 Å². The minimum Gasteiger partial charge on any atom is -0.399 e. The van der Waals surface area contributed by atoms with Crippen molar-refractivity contribution in [3.05, 3.63) is 51.2 Å². The number of benzene rings is 1. The average Bonchev–Trinajstić information content (AvgIpc) is 2.81. The summed E-state index contributed by atoms with van der Waals surface area (Å²) in [4.78, 5) is 4.08. The Labute approximate surface area is 112 Å². The Hall–Kier alpha value is -1.32. The van der Waals surface area contributed by atoms with Crippen LogP contribution in [0.5, 0.6) is 0 Å². The summed E-state index contributed by atoms with van der Waals surface area (Å²) in [6.07, 6.45) is 1.20. The third-order valence-corrected chi connectivity index (χ3v) is 4.65. The van der Waals surface area contributed by atoms with Crippen molar-refractivity contribution in [2.45, 2.75) is 26.4 Å². The molecule has 0 atom stereocenters. The van der Waals surface area contributed by atoms with Crippen molar-refractivity contribution in [2.24, 2.45) is 0 Å². The molecule has 3 rings (SSSR count). The summed E-state index contributed by atoms with van der Waals surface area (Å²) in [5.41, 5.74) is 10.8. The second-order valence-corrected chi connectivity index (χ2v) is 6.02. The maximum Gasteiger partial charge on any atom is 0.0343 e. The summed E-state index contributed by atoms with van der Waals surface area (Å²) in [7, 11) is 0. The number of fused-ring (bicyclic) bond motifs is 1. The van der Waals surface area contributed by atoms with E-state index < -0.39 is 0 Å². The van der Waals surface area contributed by atoms with Gasteiger partial charge in [-0.3, -0.25) is 4.90 Å². The summed E-state index contributed by atoms with van der Waals surface area (Å²) in [6.45, 7) is 5.35. The van der Waals surface area contributed by atoms with Gasteiger partial charge in [0.15, 0.2) is 0 Å². The minimum absolute atomic E-state index is 0.887. The van der Waals surface area contributed by atoms with E-state index in [4.69, 9.17) is 5.73 Å². The highest BCUT2D eigenvalue weighted by Crippen LogP contribution is 2.25. The van der Waals surface area contributed by atoms with Crippen molar-refractivity contribution in [1.29, 1.82) is 0 Å². The van der Waals surface area contributed by atoms with Crippen LogP contribution in [0.4, 0.5) is 5.69 Å². The number of nitrogens with zero attached hydrogens (tertiary/aromatic N) is 1. The predicted octanol–water partition coefficient (Wildman–Crippen LogP) is 3.20. The molecule has 0 saturated heterocycles. The van der Waals surface area contributed by atoms with Crippen molar-refractivity contribution in [2.75, 3.05) is 12.3 Å². The van der Waals surface area contributed by atoms with Crippen molar-refractivity contribution in [3.8, 4) is 0 Å². The normalized spacial score (nSPS) is 15.6. The molecule has 2 N–H and O–H groups in total. The number of aryl methyl sites for hydroxylation is 1. The Morgan fingerprint density at radius 3 is 3.06 bits per heavy atom. The quantitative estimate of drug-likeness (QED) is 0.838. The summed E-state index contributed by atoms with van der Waals surface area (Å²) in [5, 5.41) is 2.21. The Morgan fingerprint density at radius 2 is 2.22 bits per heavy atom. The molecule has 0 amide bonds. The molecule has 1 aromatic carbocycles. The average molecular weight is 258 g/mol. The van der Waals surface area contributed by atoms with E-state index in [0.29, 0.717) is 0 Å². The molecular weight excluding hydrogens is 240 g/mol. The predicted molar refractivity (Wildman–Crippen MR) is 77.7 cm³/mol. The van der Waals surface area contributed by atoms with Gasteiger partial charge in [0.2, 0.25) is 0 Å². The number of nitrogen functional groups attached to an aromatic ring is 1. The van der Waals surface area contributed by atoms with Gasteiger partial charge in [0, 0.05) is 30.2 Å². The van der Waals surface area contributed by atoms with E-state index in [1.54, 1.807) is 4.88 Å². The van der Waals surface area contributed by atoms with Gasteiger partial charge < -0.3 is 5.73 Å². The van der Waals surface area contributed by atoms with Crippen LogP contribution in [0.25, 0.3) is 0 Å². The van der Waals surface area contributed by atoms with Crippen LogP contribution in [0.3, 0.4) is 0 Å². The van der Waals surface area contributed by atoms with Crippen molar-refractivity contribution in [3.63, 3.8) is 0 Å². The first-order valence-electron chi connectivity index (χ1n) is 6.35. The van der Waals surface area contributed by atoms with Crippen LogP contribution in [0, 0.1) is 6.92 Å². The molecule has 1 aliphatic rings. The molecule has 18 heavy (non-hydrogen) atoms. The van der Waals surface area contributed by atoms with Crippen LogP contribution in [-0.4, -0.2) is 11.4 Å². The molecule has 2 aromatic rings. The van der Waals surface area contributed by atoms with E-state index >= 15 is 0 Å². The van der Waals surface area contributed by atoms with E-state index in [9.17, 15) is 0 Å². The molecule has 0 bridgehead atoms. The Morgan fingerprint density at radius 1 is 1.33 bits per heavy atom. The molecule has 1 aromatic heterocycles. The van der Waals surface area contributed by atoms with Crippen LogP contribution >= 0.6 is 11.3 Å². The van der Waals surface area contributed by atoms with Crippen LogP contribution in [0.2, 0.25) is 0 Å². The lowest BCUT2D eigenvalue weighted by atomic mass is 10.1. The standard InChI is InChI=1S/C15H18N2S/c1-11-8-12(2-3-14(11)16)9-17-6-4-15-13(10-17)5-7-18-15/h2-3,5,7-8H,4,6,9-10,16H2,1H3. The smallest absolute Gasteiger partial charge is 0.0343 e. The summed E-state index contributed by atoms with van der Waals surface area (Å²) >= 11 is 1.89. The molecule has 0 aliphatic carbocycles. The van der Waals surface area contributed by atoms with Gasteiger partial charge in [0.05, 0.1) is 0 Å². The monoisotopic (exact) mass is 258 g/mol. The van der Waals surface area contributed by atoms with Crippen molar-refractivity contribution >= 4 is 17.0 Å². The summed E-state index contributed by atoms with van der Waals surface area (Å²) in [5.74, 6) is 0. The SMILES string of the molecule is Cc1cc(CN2CCc3sccc3C2)ccc1N. The van der Waals surface area contributed by atoms with Crippen LogP contribution in [0.15, 0.2) is 29.6 Å². The van der Waals surface area contributed by atoms with Gasteiger partial charge in [-0.05, 0) is 47.5 Å². The third kappa shape index (κ3) is 2.28. The van der Waals surface area contributed by atoms with E-state index in [1.807, 2.05) is 17.4 Å². The maximum atomic E-state index is 5.86. The zero-order valence-electron chi connectivity index (χ0n) is 10.6. The van der Waals surface area contributed by atoms with Gasteiger partial charge in [-0.1, -0.05) is 12.1 Å². The molecule has 0 unspecified atom stereocenters. The molecule has 2 heterocycles. The number of hydrogen-bond acceptors (Lipinski definition) is 3. The van der Waals surface area contributed by atoms with Gasteiger partial charge in [0.1, 0.15) is 0 Å². The van der Waals surface area contributed by atoms with Gasteiger partial charge >= 0.3 is 0 Å². The Balaban J connectivity index is 1.72. The summed E-state index contributed by atoms with van der Waals surface area (Å²) in [6, 6.07) is 8.63. The Kier molecular flexibility index (Phi) is 3.10. The van der Waals surface area contributed by atoms with Gasteiger partial charge in [-0.2, -0.15) is 0 Å². The molecule has 0 fully saturated rings. The van der Waals surface area contributed by atoms with Crippen molar-refractivity contribution < 1.29 is 0 Å². The lowest BCUT2D eigenvalue weighted by Gasteiger charge is -2.27. The minimum atomic E-state index is 0.887. The maximum absolute atomic E-state index is 5.86. The molecule has 1 aliphatic heterocycles. The van der Waals surface area contributed by atoms with Gasteiger partial charge in [-0.25, -0.2) is 0 Å². The fourth-order valence-electron chi connectivity index (χ4n) is 2.54. The molecule has 3 heteroatoms. The molecular formula is C15H18N2S. The highest BCUT2D eigenvalue weighted by atomic mass is 32.1. The van der Waals surface area contributed by atoms with Gasteiger partial charge in [-0.15, -0.1) is 11.3 Å². The van der Waals surface area contributed by atoms with E-state index in [0.717, 1.165) is 25.3 Å². The zero-order chi connectivity index (χ0) is 12.5. The van der Waals surface area contributed by atoms with Crippen LogP contribution < -0.4 is 5.73 Å². The topological polar surface area (TPSA) is 29.3 Å². The first-order chi connectivity index (χ1) is 8.72. The fraction of sp³-hybridized carbons (Fsp3) is 0.333. The van der Waals surface area contributed by atoms with E-state index in [2.05, 4.69) is 35.4 Å². The Bertz CT molecular complexity index is 559. The van der Waals surface area contributed by atoms with Gasteiger partial charge in [0.25, 0.3) is 0 Å². The highest BCUT2D eigenvalue weighted by molar-refractivity contribution is 7.10. The molecule has 0 radical (unpaired) electrons. The highest BCUT2D eigenvalue weighted by Gasteiger charge is 2.17. The number of thiophene rings is 1. The van der Waals surface area contributed by atoms with E-state index in [-0.39, 0.29) is 0 Å². The number of anilines is 1.